The number of carbonyl (C=O) groups is 1. The molecular formula is C19H23N3O2. The number of carbonyl (C=O) groups excluding carboxylic acids is 1. The molecule has 126 valence electrons. The molecule has 5 nitrogen and oxygen atoms in total. The van der Waals surface area contributed by atoms with Gasteiger partial charge in [0.1, 0.15) is 0 Å². The van der Waals surface area contributed by atoms with E-state index in [4.69, 9.17) is 4.74 Å². The van der Waals surface area contributed by atoms with E-state index in [1.54, 1.807) is 0 Å². The van der Waals surface area contributed by atoms with E-state index < -0.39 is 0 Å². The first-order valence-corrected chi connectivity index (χ1v) is 8.17. The lowest BCUT2D eigenvalue weighted by Crippen LogP contribution is -2.24. The third kappa shape index (κ3) is 2.70. The van der Waals surface area contributed by atoms with E-state index in [-0.39, 0.29) is 11.3 Å². The highest BCUT2D eigenvalue weighted by Gasteiger charge is 2.35. The number of hydrazone groups is 1. The van der Waals surface area contributed by atoms with E-state index >= 15 is 0 Å². The van der Waals surface area contributed by atoms with Gasteiger partial charge < -0.3 is 9.64 Å². The third-order valence-electron chi connectivity index (χ3n) is 4.11. The molecule has 0 spiro atoms. The van der Waals surface area contributed by atoms with Crippen molar-refractivity contribution in [2.24, 2.45) is 10.5 Å². The van der Waals surface area contributed by atoms with Gasteiger partial charge in [-0.1, -0.05) is 32.9 Å². The normalized spacial score (nSPS) is 20.7. The lowest BCUT2D eigenvalue weighted by Gasteiger charge is -2.17. The van der Waals surface area contributed by atoms with Crippen LogP contribution in [0.1, 0.15) is 27.7 Å². The highest BCUT2D eigenvalue weighted by molar-refractivity contribution is 6.26. The molecule has 24 heavy (non-hydrogen) atoms. The second-order valence-electron chi connectivity index (χ2n) is 6.93. The Morgan fingerprint density at radius 3 is 2.54 bits per heavy atom. The Morgan fingerprint density at radius 2 is 1.92 bits per heavy atom. The van der Waals surface area contributed by atoms with Crippen molar-refractivity contribution in [2.45, 2.75) is 27.7 Å². The molecule has 0 atom stereocenters. The number of likely N-dealkylation sites (N-methyl/N-ethyl adjacent to an activating group) is 1. The molecule has 0 aliphatic carbocycles. The summed E-state index contributed by atoms with van der Waals surface area (Å²) >= 11 is 0. The molecule has 0 saturated heterocycles. The Labute approximate surface area is 142 Å². The van der Waals surface area contributed by atoms with Crippen LogP contribution < -0.4 is 9.64 Å². The summed E-state index contributed by atoms with van der Waals surface area (Å²) in [5, 5.41) is 6.01. The van der Waals surface area contributed by atoms with Crippen molar-refractivity contribution >= 4 is 17.3 Å². The van der Waals surface area contributed by atoms with Crippen LogP contribution >= 0.6 is 0 Å². The predicted molar refractivity (Wildman–Crippen MR) is 95.9 cm³/mol. The Balaban J connectivity index is 1.94. The maximum absolute atomic E-state index is 12.6. The minimum Gasteiger partial charge on any atom is -0.439 e. The first-order chi connectivity index (χ1) is 11.3. The van der Waals surface area contributed by atoms with Crippen molar-refractivity contribution in [1.82, 2.24) is 5.01 Å². The van der Waals surface area contributed by atoms with Crippen molar-refractivity contribution in [3.8, 4) is 5.75 Å². The molecule has 0 unspecified atom stereocenters. The van der Waals surface area contributed by atoms with E-state index in [1.165, 1.54) is 5.01 Å². The smallest absolute Gasteiger partial charge is 0.275 e. The largest absolute Gasteiger partial charge is 0.439 e. The summed E-state index contributed by atoms with van der Waals surface area (Å²) in [6, 6.07) is 7.86. The van der Waals surface area contributed by atoms with Crippen LogP contribution in [0, 0.1) is 5.41 Å². The van der Waals surface area contributed by atoms with Crippen LogP contribution in [0.5, 0.6) is 5.75 Å². The maximum atomic E-state index is 12.6. The van der Waals surface area contributed by atoms with Crippen molar-refractivity contribution in [3.05, 3.63) is 47.9 Å². The number of nitrogens with zero attached hydrogens (tertiary/aromatic N) is 3. The topological polar surface area (TPSA) is 45.1 Å². The Bertz CT molecular complexity index is 769. The molecule has 0 N–H and O–H groups in total. The number of fused-ring (bicyclic) bond motifs is 1. The van der Waals surface area contributed by atoms with E-state index in [1.807, 2.05) is 55.3 Å². The number of ether oxygens (including phenoxy) is 1. The third-order valence-corrected chi connectivity index (χ3v) is 4.11. The maximum Gasteiger partial charge on any atom is 0.275 e. The predicted octanol–water partition coefficient (Wildman–Crippen LogP) is 3.55. The molecule has 2 aliphatic heterocycles. The van der Waals surface area contributed by atoms with Gasteiger partial charge >= 0.3 is 0 Å². The summed E-state index contributed by atoms with van der Waals surface area (Å²) < 4.78 is 5.87. The molecule has 5 heteroatoms. The van der Waals surface area contributed by atoms with Crippen LogP contribution in [0.15, 0.2) is 53.0 Å². The number of allylic oxidation sites excluding steroid dienone is 2. The number of benzene rings is 1. The van der Waals surface area contributed by atoms with Crippen molar-refractivity contribution < 1.29 is 9.53 Å². The molecule has 2 heterocycles. The van der Waals surface area contributed by atoms with E-state index in [0.717, 1.165) is 17.1 Å². The van der Waals surface area contributed by atoms with Crippen LogP contribution in [0.4, 0.5) is 5.69 Å². The number of hydrogen-bond acceptors (Lipinski definition) is 4. The summed E-state index contributed by atoms with van der Waals surface area (Å²) in [7, 11) is 1.95. The molecule has 0 bridgehead atoms. The number of para-hydroxylation sites is 2. The Morgan fingerprint density at radius 1 is 1.21 bits per heavy atom. The van der Waals surface area contributed by atoms with Crippen LogP contribution in [0.25, 0.3) is 0 Å². The SMILES string of the molecule is CCN1N=C(C(C)(C)C)/C(=C\C=C2\Oc3ccccc3N2C)C1=O. The number of rotatable bonds is 2. The van der Waals surface area contributed by atoms with Crippen LogP contribution in [0.3, 0.4) is 0 Å². The number of hydrogen-bond donors (Lipinski definition) is 0. The molecule has 0 radical (unpaired) electrons. The zero-order chi connectivity index (χ0) is 17.5. The van der Waals surface area contributed by atoms with Gasteiger partial charge in [0.2, 0.25) is 0 Å². The van der Waals surface area contributed by atoms with Gasteiger partial charge in [-0.3, -0.25) is 4.79 Å². The van der Waals surface area contributed by atoms with Crippen LogP contribution in [-0.2, 0) is 4.79 Å². The molecular weight excluding hydrogens is 302 g/mol. The molecule has 1 aromatic rings. The first kappa shape index (κ1) is 16.3. The van der Waals surface area contributed by atoms with Gasteiger partial charge in [0, 0.05) is 19.0 Å². The molecule has 0 aromatic heterocycles. The highest BCUT2D eigenvalue weighted by Crippen LogP contribution is 2.37. The van der Waals surface area contributed by atoms with E-state index in [2.05, 4.69) is 25.9 Å². The highest BCUT2D eigenvalue weighted by atomic mass is 16.5. The summed E-state index contributed by atoms with van der Waals surface area (Å²) in [4.78, 5) is 14.5. The second kappa shape index (κ2) is 5.82. The van der Waals surface area contributed by atoms with Gasteiger partial charge in [-0.15, -0.1) is 0 Å². The minimum atomic E-state index is -0.199. The summed E-state index contributed by atoms with van der Waals surface area (Å²) in [6.45, 7) is 8.68. The monoisotopic (exact) mass is 325 g/mol. The molecule has 0 fully saturated rings. The fourth-order valence-electron chi connectivity index (χ4n) is 2.80. The molecule has 2 aliphatic rings. The number of amides is 1. The van der Waals surface area contributed by atoms with Gasteiger partial charge in [-0.05, 0) is 31.2 Å². The molecule has 3 rings (SSSR count). The van der Waals surface area contributed by atoms with Gasteiger partial charge in [0.15, 0.2) is 11.6 Å². The fourth-order valence-corrected chi connectivity index (χ4v) is 2.80. The first-order valence-electron chi connectivity index (χ1n) is 8.17. The fraction of sp³-hybridized carbons (Fsp3) is 0.368. The van der Waals surface area contributed by atoms with Crippen molar-refractivity contribution in [2.75, 3.05) is 18.5 Å². The van der Waals surface area contributed by atoms with Crippen molar-refractivity contribution in [1.29, 1.82) is 0 Å². The quantitative estimate of drug-likeness (QED) is 0.781. The van der Waals surface area contributed by atoms with Gasteiger partial charge in [-0.25, -0.2) is 5.01 Å². The Hall–Kier alpha value is -2.56. The zero-order valence-electron chi connectivity index (χ0n) is 14.8. The second-order valence-corrected chi connectivity index (χ2v) is 6.93. The minimum absolute atomic E-state index is 0.0579. The lowest BCUT2D eigenvalue weighted by molar-refractivity contribution is -0.125. The average molecular weight is 325 g/mol. The van der Waals surface area contributed by atoms with Crippen molar-refractivity contribution in [3.63, 3.8) is 0 Å². The molecule has 1 amide bonds. The van der Waals surface area contributed by atoms with E-state index in [9.17, 15) is 4.79 Å². The molecule has 1 aromatic carbocycles. The number of anilines is 1. The van der Waals surface area contributed by atoms with E-state index in [0.29, 0.717) is 18.0 Å². The summed E-state index contributed by atoms with van der Waals surface area (Å²) in [5.74, 6) is 1.46. The molecule has 0 saturated carbocycles. The zero-order valence-corrected chi connectivity index (χ0v) is 14.8. The summed E-state index contributed by atoms with van der Waals surface area (Å²) in [6.07, 6.45) is 3.66. The van der Waals surface area contributed by atoms with Crippen LogP contribution in [0.2, 0.25) is 0 Å². The van der Waals surface area contributed by atoms with Crippen LogP contribution in [-0.4, -0.2) is 30.2 Å². The van der Waals surface area contributed by atoms with Gasteiger partial charge in [0.05, 0.1) is 17.0 Å². The van der Waals surface area contributed by atoms with Gasteiger partial charge in [0.25, 0.3) is 5.91 Å². The lowest BCUT2D eigenvalue weighted by atomic mass is 9.85. The summed E-state index contributed by atoms with van der Waals surface area (Å²) in [5.41, 5.74) is 2.25. The Kier molecular flexibility index (Phi) is 3.95. The standard InChI is InChI=1S/C19H23N3O2/c1-6-22-18(23)13(17(20-22)19(2,3)4)11-12-16-21(5)14-9-7-8-10-15(14)24-16/h7-12H,6H2,1-5H3/b13-11+,16-12+. The van der Waals surface area contributed by atoms with Gasteiger partial charge in [-0.2, -0.15) is 5.10 Å². The average Bonchev–Trinajstić information content (AvgIpc) is 3.03.